The minimum absolute atomic E-state index is 0.117. The van der Waals surface area contributed by atoms with Gasteiger partial charge in [0.15, 0.2) is 11.0 Å². The van der Waals surface area contributed by atoms with Crippen molar-refractivity contribution in [2.45, 2.75) is 25.0 Å². The molecule has 0 radical (unpaired) electrons. The summed E-state index contributed by atoms with van der Waals surface area (Å²) in [5.74, 6) is 0.555. The van der Waals surface area contributed by atoms with Gasteiger partial charge < -0.3 is 5.32 Å². The third kappa shape index (κ3) is 4.51. The van der Waals surface area contributed by atoms with Gasteiger partial charge in [-0.25, -0.2) is 9.07 Å². The lowest BCUT2D eigenvalue weighted by atomic mass is 10.2. The predicted octanol–water partition coefficient (Wildman–Crippen LogP) is 4.58. The number of halogens is 1. The number of rotatable bonds is 7. The third-order valence-corrected chi connectivity index (χ3v) is 5.45. The zero-order chi connectivity index (χ0) is 21.8. The Balaban J connectivity index is 1.59. The van der Waals surface area contributed by atoms with E-state index >= 15 is 0 Å². The number of amides is 1. The quantitative estimate of drug-likeness (QED) is 0.429. The Morgan fingerprint density at radius 3 is 2.55 bits per heavy atom. The molecule has 1 N–H and O–H groups in total. The first-order valence-corrected chi connectivity index (χ1v) is 10.7. The second kappa shape index (κ2) is 9.13. The van der Waals surface area contributed by atoms with Crippen LogP contribution >= 0.6 is 11.8 Å². The van der Waals surface area contributed by atoms with E-state index in [1.165, 1.54) is 17.8 Å². The first-order valence-electron chi connectivity index (χ1n) is 9.76. The minimum atomic E-state index is -0.386. The van der Waals surface area contributed by atoms with Gasteiger partial charge in [-0.15, -0.1) is 10.2 Å². The Bertz CT molecular complexity index is 1190. The first kappa shape index (κ1) is 20.8. The lowest BCUT2D eigenvalue weighted by Gasteiger charge is -2.12. The van der Waals surface area contributed by atoms with E-state index < -0.39 is 0 Å². The number of carbonyl (C=O) groups is 1. The molecule has 0 atom stereocenters. The fourth-order valence-corrected chi connectivity index (χ4v) is 3.88. The number of nitrogens with zero attached hydrogens (tertiary/aromatic N) is 5. The van der Waals surface area contributed by atoms with Crippen molar-refractivity contribution in [3.8, 4) is 17.1 Å². The van der Waals surface area contributed by atoms with Crippen LogP contribution in [0.2, 0.25) is 0 Å². The van der Waals surface area contributed by atoms with Crippen LogP contribution in [-0.4, -0.2) is 36.2 Å². The van der Waals surface area contributed by atoms with E-state index in [-0.39, 0.29) is 23.5 Å². The van der Waals surface area contributed by atoms with Crippen molar-refractivity contribution in [2.75, 3.05) is 11.1 Å². The second-order valence-corrected chi connectivity index (χ2v) is 7.99. The van der Waals surface area contributed by atoms with Crippen molar-refractivity contribution in [2.24, 2.45) is 0 Å². The van der Waals surface area contributed by atoms with Gasteiger partial charge in [0.2, 0.25) is 5.91 Å². The van der Waals surface area contributed by atoms with Crippen molar-refractivity contribution in [3.63, 3.8) is 0 Å². The van der Waals surface area contributed by atoms with E-state index in [0.717, 1.165) is 5.69 Å². The summed E-state index contributed by atoms with van der Waals surface area (Å²) in [4.78, 5) is 12.5. The molecule has 4 rings (SSSR count). The maximum absolute atomic E-state index is 14.4. The summed E-state index contributed by atoms with van der Waals surface area (Å²) >= 11 is 1.23. The number of aromatic nitrogens is 5. The molecule has 0 fully saturated rings. The SMILES string of the molecule is CC(C)n1nccc1NC(=O)CSc1nnc(-c2ccccc2F)n1-c1ccccc1. The van der Waals surface area contributed by atoms with Gasteiger partial charge in [-0.1, -0.05) is 42.1 Å². The monoisotopic (exact) mass is 436 g/mol. The lowest BCUT2D eigenvalue weighted by molar-refractivity contribution is -0.113. The molecule has 2 heterocycles. The van der Waals surface area contributed by atoms with Crippen LogP contribution in [-0.2, 0) is 4.79 Å². The van der Waals surface area contributed by atoms with Gasteiger partial charge in [0.1, 0.15) is 11.6 Å². The summed E-state index contributed by atoms with van der Waals surface area (Å²) in [5, 5.41) is 16.0. The summed E-state index contributed by atoms with van der Waals surface area (Å²) in [6, 6.07) is 17.7. The third-order valence-electron chi connectivity index (χ3n) is 4.52. The van der Waals surface area contributed by atoms with Gasteiger partial charge in [-0.3, -0.25) is 9.36 Å². The zero-order valence-electron chi connectivity index (χ0n) is 17.1. The Hall–Kier alpha value is -3.46. The fourth-order valence-electron chi connectivity index (χ4n) is 3.12. The van der Waals surface area contributed by atoms with Gasteiger partial charge in [0.05, 0.1) is 17.5 Å². The number of benzene rings is 2. The van der Waals surface area contributed by atoms with Gasteiger partial charge in [-0.2, -0.15) is 5.10 Å². The van der Waals surface area contributed by atoms with Crippen LogP contribution in [0.4, 0.5) is 10.2 Å². The van der Waals surface area contributed by atoms with E-state index in [9.17, 15) is 9.18 Å². The van der Waals surface area contributed by atoms with Gasteiger partial charge in [-0.05, 0) is 38.1 Å². The molecule has 9 heteroatoms. The van der Waals surface area contributed by atoms with Crippen LogP contribution in [0.25, 0.3) is 17.1 Å². The standard InChI is InChI=1S/C22H21FN6OS/c1-15(2)29-19(12-13-24-29)25-20(30)14-31-22-27-26-21(17-10-6-7-11-18(17)23)28(22)16-8-4-3-5-9-16/h3-13,15H,14H2,1-2H3,(H,25,30). The second-order valence-electron chi connectivity index (χ2n) is 7.05. The summed E-state index contributed by atoms with van der Waals surface area (Å²) in [6.07, 6.45) is 1.65. The van der Waals surface area contributed by atoms with Crippen LogP contribution < -0.4 is 5.32 Å². The van der Waals surface area contributed by atoms with Crippen LogP contribution in [0.15, 0.2) is 72.0 Å². The Labute approximate surface area is 183 Å². The summed E-state index contributed by atoms with van der Waals surface area (Å²) in [6.45, 7) is 3.98. The number of carbonyl (C=O) groups excluding carboxylic acids is 1. The maximum Gasteiger partial charge on any atom is 0.235 e. The van der Waals surface area contributed by atoms with Crippen molar-refractivity contribution < 1.29 is 9.18 Å². The Morgan fingerprint density at radius 1 is 1.06 bits per heavy atom. The highest BCUT2D eigenvalue weighted by Crippen LogP contribution is 2.29. The van der Waals surface area contributed by atoms with E-state index in [2.05, 4.69) is 20.6 Å². The van der Waals surface area contributed by atoms with E-state index in [0.29, 0.717) is 22.4 Å². The van der Waals surface area contributed by atoms with Crippen LogP contribution in [0, 0.1) is 5.82 Å². The highest BCUT2D eigenvalue weighted by Gasteiger charge is 2.19. The molecule has 7 nitrogen and oxygen atoms in total. The molecule has 0 saturated carbocycles. The van der Waals surface area contributed by atoms with Crippen molar-refractivity contribution in [3.05, 3.63) is 72.7 Å². The van der Waals surface area contributed by atoms with Gasteiger partial charge >= 0.3 is 0 Å². The maximum atomic E-state index is 14.4. The zero-order valence-corrected chi connectivity index (χ0v) is 17.9. The number of hydrogen-bond acceptors (Lipinski definition) is 5. The lowest BCUT2D eigenvalue weighted by Crippen LogP contribution is -2.18. The molecule has 4 aromatic rings. The fraction of sp³-hybridized carbons (Fsp3) is 0.182. The summed E-state index contributed by atoms with van der Waals surface area (Å²) in [5.41, 5.74) is 1.13. The first-order chi connectivity index (χ1) is 15.0. The minimum Gasteiger partial charge on any atom is -0.310 e. The van der Waals surface area contributed by atoms with E-state index in [1.54, 1.807) is 39.7 Å². The molecule has 0 saturated heterocycles. The van der Waals surface area contributed by atoms with E-state index in [4.69, 9.17) is 0 Å². The molecule has 0 bridgehead atoms. The molecule has 0 aliphatic rings. The van der Waals surface area contributed by atoms with Crippen molar-refractivity contribution >= 4 is 23.5 Å². The van der Waals surface area contributed by atoms with Crippen LogP contribution in [0.1, 0.15) is 19.9 Å². The molecular formula is C22H21FN6OS. The summed E-state index contributed by atoms with van der Waals surface area (Å²) < 4.78 is 17.9. The van der Waals surface area contributed by atoms with Gasteiger partial charge in [0, 0.05) is 17.8 Å². The molecule has 0 aliphatic carbocycles. The topological polar surface area (TPSA) is 77.6 Å². The smallest absolute Gasteiger partial charge is 0.235 e. The highest BCUT2D eigenvalue weighted by atomic mass is 32.2. The summed E-state index contributed by atoms with van der Waals surface area (Å²) in [7, 11) is 0. The molecule has 158 valence electrons. The molecule has 0 spiro atoms. The average Bonchev–Trinajstić information content (AvgIpc) is 3.40. The predicted molar refractivity (Wildman–Crippen MR) is 119 cm³/mol. The Morgan fingerprint density at radius 2 is 1.81 bits per heavy atom. The average molecular weight is 437 g/mol. The largest absolute Gasteiger partial charge is 0.310 e. The molecule has 2 aromatic carbocycles. The number of anilines is 1. The highest BCUT2D eigenvalue weighted by molar-refractivity contribution is 7.99. The van der Waals surface area contributed by atoms with Crippen molar-refractivity contribution in [1.82, 2.24) is 24.5 Å². The molecule has 31 heavy (non-hydrogen) atoms. The number of nitrogens with one attached hydrogen (secondary N) is 1. The van der Waals surface area contributed by atoms with Crippen molar-refractivity contribution in [1.29, 1.82) is 0 Å². The van der Waals surface area contributed by atoms with Crippen LogP contribution in [0.5, 0.6) is 0 Å². The molecule has 1 amide bonds. The molecular weight excluding hydrogens is 415 g/mol. The molecule has 0 unspecified atom stereocenters. The number of para-hydroxylation sites is 1. The number of thioether (sulfide) groups is 1. The van der Waals surface area contributed by atoms with E-state index in [1.807, 2.05) is 44.2 Å². The van der Waals surface area contributed by atoms with Gasteiger partial charge in [0.25, 0.3) is 0 Å². The van der Waals surface area contributed by atoms with Crippen LogP contribution in [0.3, 0.4) is 0 Å². The molecule has 2 aromatic heterocycles. The normalized spacial score (nSPS) is 11.1. The number of hydrogen-bond donors (Lipinski definition) is 1. The Kier molecular flexibility index (Phi) is 6.13. The molecule has 0 aliphatic heterocycles.